The second kappa shape index (κ2) is 10.1. The average Bonchev–Trinajstić information content (AvgIpc) is 2.84. The van der Waals surface area contributed by atoms with Gasteiger partial charge in [-0.2, -0.15) is 15.0 Å². The van der Waals surface area contributed by atoms with E-state index in [1.54, 1.807) is 20.8 Å². The molecule has 4 heterocycles. The fraction of sp³-hybridized carbons (Fsp3) is 0.750. The van der Waals surface area contributed by atoms with E-state index in [0.29, 0.717) is 17.8 Å². The lowest BCUT2D eigenvalue weighted by molar-refractivity contribution is -0.122. The molecule has 180 valence electrons. The van der Waals surface area contributed by atoms with Crippen LogP contribution < -0.4 is 14.7 Å². The molecule has 3 aliphatic heterocycles. The second-order valence-electron chi connectivity index (χ2n) is 9.85. The van der Waals surface area contributed by atoms with Gasteiger partial charge in [-0.25, -0.2) is 0 Å². The molecule has 3 fully saturated rings. The Bertz CT molecular complexity index is 756. The summed E-state index contributed by atoms with van der Waals surface area (Å²) in [7, 11) is 0. The zero-order chi connectivity index (χ0) is 23.5. The molecule has 4 rings (SSSR count). The van der Waals surface area contributed by atoms with Gasteiger partial charge in [-0.3, -0.25) is 14.4 Å². The molecule has 1 aromatic heterocycles. The van der Waals surface area contributed by atoms with Gasteiger partial charge in [0.2, 0.25) is 17.8 Å². The van der Waals surface area contributed by atoms with Crippen LogP contribution in [0.1, 0.15) is 59.3 Å². The number of carbonyl (C=O) groups excluding carboxylic acids is 3. The summed E-state index contributed by atoms with van der Waals surface area (Å²) in [6, 6.07) is 0. The summed E-state index contributed by atoms with van der Waals surface area (Å²) >= 11 is 0. The summed E-state index contributed by atoms with van der Waals surface area (Å²) in [5.41, 5.74) is 0. The molecule has 0 spiro atoms. The molecule has 0 atom stereocenters. The molecule has 0 amide bonds. The predicted octanol–water partition coefficient (Wildman–Crippen LogP) is 2.29. The monoisotopic (exact) mass is 456 g/mol. The molecule has 3 aliphatic rings. The number of ketones is 3. The zero-order valence-electron chi connectivity index (χ0n) is 20.1. The van der Waals surface area contributed by atoms with Crippen molar-refractivity contribution in [3.63, 3.8) is 0 Å². The molecular weight excluding hydrogens is 420 g/mol. The van der Waals surface area contributed by atoms with Crippen molar-refractivity contribution in [1.29, 1.82) is 0 Å². The van der Waals surface area contributed by atoms with Gasteiger partial charge in [0, 0.05) is 57.0 Å². The third kappa shape index (κ3) is 5.50. The highest BCUT2D eigenvalue weighted by atomic mass is 16.1. The first-order chi connectivity index (χ1) is 15.8. The normalized spacial score (nSPS) is 21.4. The SMILES string of the molecule is CC(=O)C1CCN(c2nc(N3CCC(C(C)=O)CC3)nc(N3CCC(C(C)=O)CC3)n2)CC1. The van der Waals surface area contributed by atoms with Gasteiger partial charge >= 0.3 is 0 Å². The molecule has 0 aromatic carbocycles. The Morgan fingerprint density at radius 3 is 0.909 bits per heavy atom. The highest BCUT2D eigenvalue weighted by molar-refractivity contribution is 5.79. The number of Topliss-reactive ketones (excluding diaryl/α,β-unsaturated/α-hetero) is 3. The lowest BCUT2D eigenvalue weighted by Crippen LogP contribution is -2.41. The molecule has 3 saturated heterocycles. The number of nitrogens with zero attached hydrogens (tertiary/aromatic N) is 6. The van der Waals surface area contributed by atoms with Crippen molar-refractivity contribution in [2.24, 2.45) is 17.8 Å². The largest absolute Gasteiger partial charge is 0.341 e. The van der Waals surface area contributed by atoms with E-state index in [2.05, 4.69) is 14.7 Å². The average molecular weight is 457 g/mol. The van der Waals surface area contributed by atoms with Gasteiger partial charge in [0.05, 0.1) is 0 Å². The molecule has 9 nitrogen and oxygen atoms in total. The fourth-order valence-corrected chi connectivity index (χ4v) is 5.23. The molecule has 0 bridgehead atoms. The number of hydrogen-bond donors (Lipinski definition) is 0. The first-order valence-electron chi connectivity index (χ1n) is 12.3. The minimum atomic E-state index is 0.123. The van der Waals surface area contributed by atoms with Gasteiger partial charge in [-0.05, 0) is 59.3 Å². The number of anilines is 3. The zero-order valence-corrected chi connectivity index (χ0v) is 20.1. The summed E-state index contributed by atoms with van der Waals surface area (Å²) < 4.78 is 0. The van der Waals surface area contributed by atoms with E-state index in [0.717, 1.165) is 77.8 Å². The number of rotatable bonds is 6. The third-order valence-corrected chi connectivity index (χ3v) is 7.66. The summed E-state index contributed by atoms with van der Waals surface area (Å²) in [6.45, 7) is 9.56. The number of aromatic nitrogens is 3. The maximum Gasteiger partial charge on any atom is 0.231 e. The van der Waals surface area contributed by atoms with Crippen LogP contribution in [-0.4, -0.2) is 71.6 Å². The Morgan fingerprint density at radius 2 is 0.727 bits per heavy atom. The second-order valence-corrected chi connectivity index (χ2v) is 9.85. The van der Waals surface area contributed by atoms with Crippen molar-refractivity contribution < 1.29 is 14.4 Å². The van der Waals surface area contributed by atoms with E-state index >= 15 is 0 Å². The summed E-state index contributed by atoms with van der Waals surface area (Å²) in [5.74, 6) is 3.14. The molecule has 0 N–H and O–H groups in total. The van der Waals surface area contributed by atoms with Crippen molar-refractivity contribution in [1.82, 2.24) is 15.0 Å². The summed E-state index contributed by atoms with van der Waals surface area (Å²) in [5, 5.41) is 0. The first-order valence-corrected chi connectivity index (χ1v) is 12.3. The highest BCUT2D eigenvalue weighted by Crippen LogP contribution is 2.29. The maximum atomic E-state index is 11.8. The first kappa shape index (κ1) is 23.6. The lowest BCUT2D eigenvalue weighted by atomic mass is 9.93. The minimum Gasteiger partial charge on any atom is -0.341 e. The Labute approximate surface area is 196 Å². The minimum absolute atomic E-state index is 0.123. The van der Waals surface area contributed by atoms with Crippen LogP contribution in [0, 0.1) is 17.8 Å². The lowest BCUT2D eigenvalue weighted by Gasteiger charge is -2.35. The van der Waals surface area contributed by atoms with Crippen LogP contribution in [0.2, 0.25) is 0 Å². The van der Waals surface area contributed by atoms with Crippen LogP contribution in [0.5, 0.6) is 0 Å². The van der Waals surface area contributed by atoms with Crippen LogP contribution in [0.25, 0.3) is 0 Å². The smallest absolute Gasteiger partial charge is 0.231 e. The van der Waals surface area contributed by atoms with Crippen molar-refractivity contribution in [3.05, 3.63) is 0 Å². The maximum absolute atomic E-state index is 11.8. The van der Waals surface area contributed by atoms with E-state index in [1.165, 1.54) is 0 Å². The number of piperidine rings is 3. The van der Waals surface area contributed by atoms with Gasteiger partial charge in [0.15, 0.2) is 0 Å². The van der Waals surface area contributed by atoms with Crippen LogP contribution in [0.3, 0.4) is 0 Å². The van der Waals surface area contributed by atoms with Crippen LogP contribution >= 0.6 is 0 Å². The Hall–Kier alpha value is -2.58. The van der Waals surface area contributed by atoms with E-state index in [-0.39, 0.29) is 35.1 Å². The van der Waals surface area contributed by atoms with Gasteiger partial charge in [0.1, 0.15) is 17.3 Å². The third-order valence-electron chi connectivity index (χ3n) is 7.66. The number of hydrogen-bond acceptors (Lipinski definition) is 9. The highest BCUT2D eigenvalue weighted by Gasteiger charge is 2.30. The molecule has 0 radical (unpaired) electrons. The van der Waals surface area contributed by atoms with Crippen molar-refractivity contribution >= 4 is 35.2 Å². The Kier molecular flexibility index (Phi) is 7.24. The van der Waals surface area contributed by atoms with Gasteiger partial charge < -0.3 is 14.7 Å². The molecule has 0 saturated carbocycles. The van der Waals surface area contributed by atoms with Crippen molar-refractivity contribution in [3.8, 4) is 0 Å². The van der Waals surface area contributed by atoms with Gasteiger partial charge in [-0.1, -0.05) is 0 Å². The van der Waals surface area contributed by atoms with Crippen LogP contribution in [-0.2, 0) is 14.4 Å². The topological polar surface area (TPSA) is 99.6 Å². The van der Waals surface area contributed by atoms with E-state index in [9.17, 15) is 14.4 Å². The predicted molar refractivity (Wildman–Crippen MR) is 127 cm³/mol. The van der Waals surface area contributed by atoms with E-state index in [1.807, 2.05) is 0 Å². The quantitative estimate of drug-likeness (QED) is 0.638. The van der Waals surface area contributed by atoms with Crippen molar-refractivity contribution in [2.45, 2.75) is 59.3 Å². The standard InChI is InChI=1S/C24H36N6O3/c1-16(31)19-4-10-28(11-5-19)22-25-23(29-12-6-20(7-13-29)17(2)32)27-24(26-22)30-14-8-21(9-15-30)18(3)33/h19-21H,4-15H2,1-3H3. The van der Waals surface area contributed by atoms with Gasteiger partial charge in [-0.15, -0.1) is 0 Å². The molecule has 0 unspecified atom stereocenters. The molecule has 33 heavy (non-hydrogen) atoms. The Morgan fingerprint density at radius 1 is 0.515 bits per heavy atom. The Balaban J connectivity index is 1.55. The van der Waals surface area contributed by atoms with E-state index < -0.39 is 0 Å². The fourth-order valence-electron chi connectivity index (χ4n) is 5.23. The van der Waals surface area contributed by atoms with Crippen LogP contribution in [0.15, 0.2) is 0 Å². The molecule has 1 aromatic rings. The van der Waals surface area contributed by atoms with Crippen LogP contribution in [0.4, 0.5) is 17.8 Å². The summed E-state index contributed by atoms with van der Waals surface area (Å²) in [4.78, 5) is 56.4. The van der Waals surface area contributed by atoms with E-state index in [4.69, 9.17) is 15.0 Å². The summed E-state index contributed by atoms with van der Waals surface area (Å²) in [6.07, 6.45) is 4.91. The molecule has 0 aliphatic carbocycles. The molecular formula is C24H36N6O3. The van der Waals surface area contributed by atoms with Crippen molar-refractivity contribution in [2.75, 3.05) is 54.0 Å². The van der Waals surface area contributed by atoms with Gasteiger partial charge in [0.25, 0.3) is 0 Å². The molecule has 9 heteroatoms. The number of carbonyl (C=O) groups is 3.